The summed E-state index contributed by atoms with van der Waals surface area (Å²) in [4.78, 5) is 12.7. The molecule has 0 atom stereocenters. The van der Waals surface area contributed by atoms with E-state index >= 15 is 0 Å². The molecular formula is C13H14N4O2S. The topological polar surface area (TPSA) is 71.2 Å². The van der Waals surface area contributed by atoms with Gasteiger partial charge in [0, 0.05) is 19.3 Å². The fourth-order valence-corrected chi connectivity index (χ4v) is 2.97. The standard InChI is InChI=1S/C13H14N4O2S/c1-16-12(14-15-13(16)20-8-11(18)19)17-7-6-9-4-2-3-5-10(9)17/h2-5H,6-8H2,1H3,(H,18,19). The fourth-order valence-electron chi connectivity index (χ4n) is 2.34. The van der Waals surface area contributed by atoms with Gasteiger partial charge in [-0.1, -0.05) is 30.0 Å². The number of thioether (sulfide) groups is 1. The number of carbonyl (C=O) groups is 1. The third kappa shape index (κ3) is 2.24. The molecule has 3 rings (SSSR count). The number of aliphatic carboxylic acids is 1. The Labute approximate surface area is 120 Å². The zero-order valence-electron chi connectivity index (χ0n) is 11.0. The van der Waals surface area contributed by atoms with Crippen molar-refractivity contribution in [1.82, 2.24) is 14.8 Å². The van der Waals surface area contributed by atoms with Crippen LogP contribution in [-0.4, -0.2) is 38.1 Å². The van der Waals surface area contributed by atoms with Crippen molar-refractivity contribution in [3.8, 4) is 0 Å². The summed E-state index contributed by atoms with van der Waals surface area (Å²) >= 11 is 1.18. The van der Waals surface area contributed by atoms with Gasteiger partial charge >= 0.3 is 5.97 Å². The number of nitrogens with zero attached hydrogens (tertiary/aromatic N) is 4. The van der Waals surface area contributed by atoms with E-state index in [0.717, 1.165) is 24.6 Å². The van der Waals surface area contributed by atoms with E-state index in [4.69, 9.17) is 5.11 Å². The Morgan fingerprint density at radius 2 is 2.20 bits per heavy atom. The number of rotatable bonds is 4. The number of fused-ring (bicyclic) bond motifs is 1. The number of anilines is 2. The molecule has 104 valence electrons. The second-order valence-electron chi connectivity index (χ2n) is 4.55. The number of carboxylic acids is 1. The van der Waals surface area contributed by atoms with E-state index < -0.39 is 5.97 Å². The third-order valence-corrected chi connectivity index (χ3v) is 4.27. The fraction of sp³-hybridized carbons (Fsp3) is 0.308. The van der Waals surface area contributed by atoms with Crippen LogP contribution in [0.4, 0.5) is 11.6 Å². The molecule has 0 unspecified atom stereocenters. The number of hydrogen-bond acceptors (Lipinski definition) is 5. The molecule has 1 aromatic heterocycles. The van der Waals surface area contributed by atoms with Gasteiger partial charge in [-0.2, -0.15) is 0 Å². The van der Waals surface area contributed by atoms with Gasteiger partial charge in [0.1, 0.15) is 0 Å². The highest BCUT2D eigenvalue weighted by Crippen LogP contribution is 2.34. The zero-order valence-corrected chi connectivity index (χ0v) is 11.8. The first-order chi connectivity index (χ1) is 9.66. The average molecular weight is 290 g/mol. The first kappa shape index (κ1) is 13.0. The van der Waals surface area contributed by atoms with E-state index in [1.165, 1.54) is 17.3 Å². The van der Waals surface area contributed by atoms with Crippen molar-refractivity contribution < 1.29 is 9.90 Å². The Morgan fingerprint density at radius 3 is 3.00 bits per heavy atom. The molecule has 6 nitrogen and oxygen atoms in total. The smallest absolute Gasteiger partial charge is 0.313 e. The van der Waals surface area contributed by atoms with Gasteiger partial charge in [0.15, 0.2) is 5.16 Å². The summed E-state index contributed by atoms with van der Waals surface area (Å²) in [6, 6.07) is 8.23. The minimum atomic E-state index is -0.855. The van der Waals surface area contributed by atoms with Gasteiger partial charge in [0.25, 0.3) is 0 Å². The zero-order chi connectivity index (χ0) is 14.1. The van der Waals surface area contributed by atoms with Crippen LogP contribution in [0.2, 0.25) is 0 Å². The minimum absolute atomic E-state index is 0.0113. The van der Waals surface area contributed by atoms with Crippen molar-refractivity contribution in [3.63, 3.8) is 0 Å². The molecule has 1 aromatic carbocycles. The van der Waals surface area contributed by atoms with E-state index in [1.54, 1.807) is 0 Å². The molecular weight excluding hydrogens is 276 g/mol. The highest BCUT2D eigenvalue weighted by Gasteiger charge is 2.24. The highest BCUT2D eigenvalue weighted by atomic mass is 32.2. The predicted octanol–water partition coefficient (Wildman–Crippen LogP) is 1.69. The predicted molar refractivity (Wildman–Crippen MR) is 76.5 cm³/mol. The molecule has 0 saturated heterocycles. The van der Waals surface area contributed by atoms with Gasteiger partial charge in [-0.3, -0.25) is 9.36 Å². The normalized spacial score (nSPS) is 13.6. The summed E-state index contributed by atoms with van der Waals surface area (Å²) in [6.45, 7) is 0.870. The molecule has 1 aliphatic rings. The van der Waals surface area contributed by atoms with Crippen molar-refractivity contribution in [2.24, 2.45) is 7.05 Å². The van der Waals surface area contributed by atoms with Crippen LogP contribution < -0.4 is 4.90 Å². The summed E-state index contributed by atoms with van der Waals surface area (Å²) in [5.41, 5.74) is 2.45. The van der Waals surface area contributed by atoms with Gasteiger partial charge < -0.3 is 10.0 Å². The van der Waals surface area contributed by atoms with E-state index in [-0.39, 0.29) is 5.75 Å². The molecule has 1 aliphatic heterocycles. The lowest BCUT2D eigenvalue weighted by atomic mass is 10.2. The van der Waals surface area contributed by atoms with Gasteiger partial charge in [-0.25, -0.2) is 0 Å². The molecule has 7 heteroatoms. The molecule has 2 aromatic rings. The van der Waals surface area contributed by atoms with Crippen LogP contribution in [0.1, 0.15) is 5.56 Å². The number of aromatic nitrogens is 3. The second-order valence-corrected chi connectivity index (χ2v) is 5.50. The molecule has 0 aliphatic carbocycles. The maximum absolute atomic E-state index is 10.6. The van der Waals surface area contributed by atoms with Crippen LogP contribution in [0.15, 0.2) is 29.4 Å². The maximum Gasteiger partial charge on any atom is 0.313 e. The molecule has 0 bridgehead atoms. The second kappa shape index (κ2) is 5.16. The lowest BCUT2D eigenvalue weighted by Gasteiger charge is -2.17. The third-order valence-electron chi connectivity index (χ3n) is 3.27. The number of carboxylic acid groups (broad SMARTS) is 1. The van der Waals surface area contributed by atoms with Crippen LogP contribution in [0, 0.1) is 0 Å². The number of para-hydroxylation sites is 1. The van der Waals surface area contributed by atoms with Crippen LogP contribution in [-0.2, 0) is 18.3 Å². The Hall–Kier alpha value is -2.02. The van der Waals surface area contributed by atoms with Crippen molar-refractivity contribution in [1.29, 1.82) is 0 Å². The maximum atomic E-state index is 10.6. The Balaban J connectivity index is 1.87. The van der Waals surface area contributed by atoms with E-state index in [9.17, 15) is 4.79 Å². The van der Waals surface area contributed by atoms with Crippen molar-refractivity contribution in [3.05, 3.63) is 29.8 Å². The minimum Gasteiger partial charge on any atom is -0.481 e. The Bertz CT molecular complexity index is 656. The summed E-state index contributed by atoms with van der Waals surface area (Å²) in [7, 11) is 1.86. The van der Waals surface area contributed by atoms with Gasteiger partial charge in [0.2, 0.25) is 5.95 Å². The molecule has 1 N–H and O–H groups in total. The van der Waals surface area contributed by atoms with E-state index in [1.807, 2.05) is 23.7 Å². The van der Waals surface area contributed by atoms with Crippen LogP contribution >= 0.6 is 11.8 Å². The van der Waals surface area contributed by atoms with Gasteiger partial charge in [-0.15, -0.1) is 10.2 Å². The molecule has 0 saturated carbocycles. The number of benzene rings is 1. The molecule has 0 fully saturated rings. The number of hydrogen-bond donors (Lipinski definition) is 1. The Morgan fingerprint density at radius 1 is 1.40 bits per heavy atom. The average Bonchev–Trinajstić information content (AvgIpc) is 3.00. The highest BCUT2D eigenvalue weighted by molar-refractivity contribution is 7.99. The Kier molecular flexibility index (Phi) is 3.35. The summed E-state index contributed by atoms with van der Waals surface area (Å²) < 4.78 is 1.84. The summed E-state index contributed by atoms with van der Waals surface area (Å²) in [5, 5.41) is 17.6. The first-order valence-electron chi connectivity index (χ1n) is 6.26. The first-order valence-corrected chi connectivity index (χ1v) is 7.25. The monoisotopic (exact) mass is 290 g/mol. The quantitative estimate of drug-likeness (QED) is 0.864. The van der Waals surface area contributed by atoms with Gasteiger partial charge in [-0.05, 0) is 18.1 Å². The molecule has 20 heavy (non-hydrogen) atoms. The van der Waals surface area contributed by atoms with Crippen molar-refractivity contribution >= 4 is 29.4 Å². The van der Waals surface area contributed by atoms with Crippen LogP contribution in [0.5, 0.6) is 0 Å². The lowest BCUT2D eigenvalue weighted by Crippen LogP contribution is -2.17. The van der Waals surface area contributed by atoms with Crippen LogP contribution in [0.25, 0.3) is 0 Å². The van der Waals surface area contributed by atoms with E-state index in [2.05, 4.69) is 27.2 Å². The molecule has 0 spiro atoms. The molecule has 0 radical (unpaired) electrons. The SMILES string of the molecule is Cn1c(SCC(=O)O)nnc1N1CCc2ccccc21. The summed E-state index contributed by atoms with van der Waals surface area (Å²) in [6.07, 6.45) is 0.987. The van der Waals surface area contributed by atoms with Gasteiger partial charge in [0.05, 0.1) is 5.75 Å². The summed E-state index contributed by atoms with van der Waals surface area (Å²) in [5.74, 6) is -0.114. The van der Waals surface area contributed by atoms with Crippen molar-refractivity contribution in [2.75, 3.05) is 17.2 Å². The van der Waals surface area contributed by atoms with E-state index in [0.29, 0.717) is 5.16 Å². The largest absolute Gasteiger partial charge is 0.481 e. The molecule has 2 heterocycles. The van der Waals surface area contributed by atoms with Crippen LogP contribution in [0.3, 0.4) is 0 Å². The van der Waals surface area contributed by atoms with Crippen molar-refractivity contribution in [2.45, 2.75) is 11.6 Å². The lowest BCUT2D eigenvalue weighted by molar-refractivity contribution is -0.133. The molecule has 0 amide bonds.